The van der Waals surface area contributed by atoms with Gasteiger partial charge in [-0.15, -0.1) is 0 Å². The molecule has 1 aromatic heterocycles. The van der Waals surface area contributed by atoms with E-state index < -0.39 is 0 Å². The molecule has 0 spiro atoms. The molecule has 6 heteroatoms. The maximum Gasteiger partial charge on any atom is 0.322 e. The lowest BCUT2D eigenvalue weighted by atomic mass is 10.2. The second kappa shape index (κ2) is 6.76. The number of carbonyl (C=O) groups excluding carboxylic acids is 1. The monoisotopic (exact) mass is 292 g/mol. The van der Waals surface area contributed by atoms with E-state index in [2.05, 4.69) is 17.3 Å². The highest BCUT2D eigenvalue weighted by atomic mass is 16.2. The van der Waals surface area contributed by atoms with Crippen LogP contribution in [0.1, 0.15) is 20.3 Å². The van der Waals surface area contributed by atoms with Gasteiger partial charge < -0.3 is 19.7 Å². The smallest absolute Gasteiger partial charge is 0.319 e. The van der Waals surface area contributed by atoms with Gasteiger partial charge in [-0.05, 0) is 26.5 Å². The van der Waals surface area contributed by atoms with Crippen LogP contribution in [0.2, 0.25) is 0 Å². The van der Waals surface area contributed by atoms with E-state index in [0.29, 0.717) is 12.2 Å². The van der Waals surface area contributed by atoms with E-state index in [4.69, 9.17) is 0 Å². The Labute approximate surface area is 125 Å². The summed E-state index contributed by atoms with van der Waals surface area (Å²) in [4.78, 5) is 28.1. The van der Waals surface area contributed by atoms with Crippen LogP contribution in [0.3, 0.4) is 0 Å². The summed E-state index contributed by atoms with van der Waals surface area (Å²) in [5.41, 5.74) is 0.627. The van der Waals surface area contributed by atoms with Crippen LogP contribution in [0.4, 0.5) is 10.5 Å². The van der Waals surface area contributed by atoms with E-state index in [1.54, 1.807) is 16.8 Å². The molecule has 1 unspecified atom stereocenters. The summed E-state index contributed by atoms with van der Waals surface area (Å²) < 4.78 is 1.63. The fraction of sp³-hybridized carbons (Fsp3) is 0.600. The number of pyridine rings is 1. The molecule has 0 aliphatic carbocycles. The average molecular weight is 292 g/mol. The van der Waals surface area contributed by atoms with Gasteiger partial charge in [0.2, 0.25) is 0 Å². The minimum atomic E-state index is -0.0997. The minimum absolute atomic E-state index is 0.0391. The second-order valence-corrected chi connectivity index (χ2v) is 5.68. The lowest BCUT2D eigenvalue weighted by molar-refractivity contribution is 0.125. The predicted octanol–water partition coefficient (Wildman–Crippen LogP) is 1.43. The Balaban J connectivity index is 2.05. The molecule has 0 saturated carbocycles. The Kier molecular flexibility index (Phi) is 5.01. The summed E-state index contributed by atoms with van der Waals surface area (Å²) in [6.07, 6.45) is 2.59. The summed E-state index contributed by atoms with van der Waals surface area (Å²) in [7, 11) is 2.06. The standard InChI is InChI=1S/C15H24N4O2/c1-4-7-18-11-13(5-6-14(18)20)16-15(21)19-9-8-17(3)10-12(19)2/h5-6,11-12H,4,7-10H2,1-3H3,(H,16,21). The number of anilines is 1. The quantitative estimate of drug-likeness (QED) is 0.917. The third-order valence-electron chi connectivity index (χ3n) is 3.79. The molecule has 6 nitrogen and oxygen atoms in total. The third-order valence-corrected chi connectivity index (χ3v) is 3.79. The second-order valence-electron chi connectivity index (χ2n) is 5.68. The molecule has 1 aromatic rings. The van der Waals surface area contributed by atoms with Crippen molar-refractivity contribution < 1.29 is 4.79 Å². The van der Waals surface area contributed by atoms with E-state index in [1.165, 1.54) is 6.07 Å². The zero-order valence-corrected chi connectivity index (χ0v) is 13.0. The normalized spacial score (nSPS) is 19.6. The van der Waals surface area contributed by atoms with Gasteiger partial charge >= 0.3 is 6.03 Å². The van der Waals surface area contributed by atoms with E-state index >= 15 is 0 Å². The summed E-state index contributed by atoms with van der Waals surface area (Å²) in [5, 5.41) is 2.89. The predicted molar refractivity (Wildman–Crippen MR) is 83.7 cm³/mol. The molecule has 0 bridgehead atoms. The van der Waals surface area contributed by atoms with Crippen molar-refractivity contribution in [2.75, 3.05) is 32.0 Å². The number of aryl methyl sites for hydroxylation is 1. The maximum atomic E-state index is 12.3. The number of amides is 2. The SMILES string of the molecule is CCCn1cc(NC(=O)N2CCN(C)CC2C)ccc1=O. The van der Waals surface area contributed by atoms with Crippen molar-refractivity contribution in [2.45, 2.75) is 32.9 Å². The van der Waals surface area contributed by atoms with Gasteiger partial charge in [0.1, 0.15) is 0 Å². The molecule has 0 aromatic carbocycles. The largest absolute Gasteiger partial charge is 0.322 e. The highest BCUT2D eigenvalue weighted by Gasteiger charge is 2.25. The number of aromatic nitrogens is 1. The molecule has 2 heterocycles. The number of urea groups is 1. The Morgan fingerprint density at radius 3 is 2.81 bits per heavy atom. The first kappa shape index (κ1) is 15.6. The first-order valence-corrected chi connectivity index (χ1v) is 7.48. The van der Waals surface area contributed by atoms with Gasteiger partial charge in [-0.1, -0.05) is 6.92 Å². The number of hydrogen-bond donors (Lipinski definition) is 1. The molecular weight excluding hydrogens is 268 g/mol. The number of carbonyl (C=O) groups is 1. The van der Waals surface area contributed by atoms with Crippen LogP contribution in [-0.2, 0) is 6.54 Å². The summed E-state index contributed by atoms with van der Waals surface area (Å²) >= 11 is 0. The van der Waals surface area contributed by atoms with Crippen LogP contribution in [0.5, 0.6) is 0 Å². The van der Waals surface area contributed by atoms with Crippen molar-refractivity contribution in [3.05, 3.63) is 28.7 Å². The number of nitrogens with zero attached hydrogens (tertiary/aromatic N) is 3. The molecule has 2 amide bonds. The Hall–Kier alpha value is -1.82. The topological polar surface area (TPSA) is 57.6 Å². The zero-order chi connectivity index (χ0) is 15.4. The van der Waals surface area contributed by atoms with Crippen LogP contribution in [0.25, 0.3) is 0 Å². The maximum absolute atomic E-state index is 12.3. The molecule has 1 fully saturated rings. The lowest BCUT2D eigenvalue weighted by Gasteiger charge is -2.38. The molecule has 21 heavy (non-hydrogen) atoms. The van der Waals surface area contributed by atoms with Gasteiger partial charge in [0.25, 0.3) is 5.56 Å². The first-order valence-electron chi connectivity index (χ1n) is 7.48. The molecule has 1 N–H and O–H groups in total. The molecule has 1 aliphatic rings. The van der Waals surface area contributed by atoms with Gasteiger partial charge in [-0.2, -0.15) is 0 Å². The van der Waals surface area contributed by atoms with Gasteiger partial charge in [-0.25, -0.2) is 4.79 Å². The molecule has 2 rings (SSSR count). The van der Waals surface area contributed by atoms with E-state index in [0.717, 1.165) is 26.1 Å². The van der Waals surface area contributed by atoms with Crippen LogP contribution in [-0.4, -0.2) is 53.1 Å². The number of hydrogen-bond acceptors (Lipinski definition) is 3. The lowest BCUT2D eigenvalue weighted by Crippen LogP contribution is -2.54. The summed E-state index contributed by atoms with van der Waals surface area (Å²) in [5.74, 6) is 0. The van der Waals surface area contributed by atoms with Crippen molar-refractivity contribution in [1.82, 2.24) is 14.4 Å². The summed E-state index contributed by atoms with van der Waals surface area (Å²) in [6.45, 7) is 7.21. The van der Waals surface area contributed by atoms with Gasteiger partial charge in [0.05, 0.1) is 5.69 Å². The van der Waals surface area contributed by atoms with E-state index in [1.807, 2.05) is 18.7 Å². The van der Waals surface area contributed by atoms with E-state index in [9.17, 15) is 9.59 Å². The van der Waals surface area contributed by atoms with Crippen molar-refractivity contribution in [3.63, 3.8) is 0 Å². The molecular formula is C15H24N4O2. The molecule has 1 atom stereocenters. The van der Waals surface area contributed by atoms with E-state index in [-0.39, 0.29) is 17.6 Å². The highest BCUT2D eigenvalue weighted by Crippen LogP contribution is 2.11. The highest BCUT2D eigenvalue weighted by molar-refractivity contribution is 5.89. The van der Waals surface area contributed by atoms with Crippen molar-refractivity contribution >= 4 is 11.7 Å². The molecule has 0 radical (unpaired) electrons. The number of rotatable bonds is 3. The Morgan fingerprint density at radius 2 is 2.14 bits per heavy atom. The van der Waals surface area contributed by atoms with Crippen LogP contribution in [0, 0.1) is 0 Å². The van der Waals surface area contributed by atoms with Crippen molar-refractivity contribution in [1.29, 1.82) is 0 Å². The summed E-state index contributed by atoms with van der Waals surface area (Å²) in [6, 6.07) is 3.24. The van der Waals surface area contributed by atoms with Gasteiger partial charge in [-0.3, -0.25) is 4.79 Å². The zero-order valence-electron chi connectivity index (χ0n) is 13.0. The molecule has 116 valence electrons. The fourth-order valence-electron chi connectivity index (χ4n) is 2.66. The Morgan fingerprint density at radius 1 is 1.38 bits per heavy atom. The van der Waals surface area contributed by atoms with Crippen molar-refractivity contribution in [2.24, 2.45) is 0 Å². The third kappa shape index (κ3) is 3.85. The number of piperazine rings is 1. The Bertz CT molecular complexity index is 555. The fourth-order valence-corrected chi connectivity index (χ4v) is 2.66. The van der Waals surface area contributed by atoms with Crippen LogP contribution >= 0.6 is 0 Å². The first-order chi connectivity index (χ1) is 10.0. The molecule has 1 saturated heterocycles. The van der Waals surface area contributed by atoms with Gasteiger partial charge in [0, 0.05) is 44.5 Å². The van der Waals surface area contributed by atoms with Crippen LogP contribution < -0.4 is 10.9 Å². The minimum Gasteiger partial charge on any atom is -0.319 e. The molecule has 1 aliphatic heterocycles. The average Bonchev–Trinajstić information content (AvgIpc) is 2.42. The van der Waals surface area contributed by atoms with Crippen LogP contribution in [0.15, 0.2) is 23.1 Å². The number of nitrogens with one attached hydrogen (secondary N) is 1. The number of likely N-dealkylation sites (N-methyl/N-ethyl adjacent to an activating group) is 1. The van der Waals surface area contributed by atoms with Crippen molar-refractivity contribution in [3.8, 4) is 0 Å². The van der Waals surface area contributed by atoms with Gasteiger partial charge in [0.15, 0.2) is 0 Å².